The van der Waals surface area contributed by atoms with Gasteiger partial charge in [0.15, 0.2) is 0 Å². The number of benzene rings is 1. The first-order chi connectivity index (χ1) is 7.20. The number of alkyl halides is 1. The molecule has 0 atom stereocenters. The zero-order valence-electron chi connectivity index (χ0n) is 9.05. The molecule has 0 fully saturated rings. The van der Waals surface area contributed by atoms with Gasteiger partial charge in [0.25, 0.3) is 0 Å². The summed E-state index contributed by atoms with van der Waals surface area (Å²) in [4.78, 5) is 7.86. The molecule has 1 N–H and O–H groups in total. The molecule has 2 aromatic rings. The molecule has 0 saturated heterocycles. The lowest BCUT2D eigenvalue weighted by molar-refractivity contribution is 0.799. The van der Waals surface area contributed by atoms with Crippen LogP contribution in [0.4, 0.5) is 0 Å². The van der Waals surface area contributed by atoms with Crippen LogP contribution in [0.25, 0.3) is 11.0 Å². The van der Waals surface area contributed by atoms with Gasteiger partial charge in [0.1, 0.15) is 5.82 Å². The second-order valence-corrected chi connectivity index (χ2v) is 4.45. The second-order valence-electron chi connectivity index (χ2n) is 4.07. The summed E-state index contributed by atoms with van der Waals surface area (Å²) in [6, 6.07) is 6.28. The number of nitrogens with one attached hydrogen (secondary N) is 1. The Bertz CT molecular complexity index is 460. The number of rotatable bonds is 3. The standard InChI is InChI=1S/C12H15ClN2/c1-8(2)12-14-10-4-3-9(5-6-13)7-11(10)15-12/h3-4,7-8H,5-6H2,1-2H3,(H,14,15). The third-order valence-electron chi connectivity index (χ3n) is 2.49. The Hall–Kier alpha value is -1.02. The van der Waals surface area contributed by atoms with Crippen molar-refractivity contribution in [2.75, 3.05) is 5.88 Å². The molecule has 15 heavy (non-hydrogen) atoms. The fourth-order valence-electron chi connectivity index (χ4n) is 1.61. The minimum absolute atomic E-state index is 0.439. The van der Waals surface area contributed by atoms with Gasteiger partial charge in [-0.2, -0.15) is 0 Å². The Morgan fingerprint density at radius 2 is 2.20 bits per heavy atom. The Balaban J connectivity index is 2.43. The van der Waals surface area contributed by atoms with Gasteiger partial charge in [0, 0.05) is 11.8 Å². The lowest BCUT2D eigenvalue weighted by atomic mass is 10.1. The first-order valence-electron chi connectivity index (χ1n) is 5.25. The van der Waals surface area contributed by atoms with Crippen LogP contribution in [-0.2, 0) is 6.42 Å². The van der Waals surface area contributed by atoms with Gasteiger partial charge in [-0.15, -0.1) is 11.6 Å². The molecule has 80 valence electrons. The van der Waals surface area contributed by atoms with E-state index in [0.717, 1.165) is 23.3 Å². The summed E-state index contributed by atoms with van der Waals surface area (Å²) in [7, 11) is 0. The molecule has 0 aliphatic heterocycles. The van der Waals surface area contributed by atoms with E-state index < -0.39 is 0 Å². The molecule has 0 unspecified atom stereocenters. The number of aromatic nitrogens is 2. The summed E-state index contributed by atoms with van der Waals surface area (Å²) in [5.74, 6) is 2.15. The van der Waals surface area contributed by atoms with Gasteiger partial charge in [-0.3, -0.25) is 0 Å². The van der Waals surface area contributed by atoms with Crippen LogP contribution in [0.5, 0.6) is 0 Å². The molecular formula is C12H15ClN2. The molecule has 0 aliphatic rings. The van der Waals surface area contributed by atoms with E-state index in [-0.39, 0.29) is 0 Å². The van der Waals surface area contributed by atoms with Gasteiger partial charge in [-0.1, -0.05) is 19.9 Å². The van der Waals surface area contributed by atoms with E-state index in [4.69, 9.17) is 11.6 Å². The van der Waals surface area contributed by atoms with E-state index in [9.17, 15) is 0 Å². The maximum Gasteiger partial charge on any atom is 0.109 e. The predicted molar refractivity (Wildman–Crippen MR) is 64.6 cm³/mol. The Labute approximate surface area is 94.7 Å². The van der Waals surface area contributed by atoms with Gasteiger partial charge in [0.2, 0.25) is 0 Å². The normalized spacial score (nSPS) is 11.5. The topological polar surface area (TPSA) is 28.7 Å². The fraction of sp³-hybridized carbons (Fsp3) is 0.417. The number of hydrogen-bond acceptors (Lipinski definition) is 1. The largest absolute Gasteiger partial charge is 0.342 e. The van der Waals surface area contributed by atoms with Crippen molar-refractivity contribution in [3.05, 3.63) is 29.6 Å². The third-order valence-corrected chi connectivity index (χ3v) is 2.68. The van der Waals surface area contributed by atoms with Crippen molar-refractivity contribution >= 4 is 22.6 Å². The molecule has 0 spiro atoms. The van der Waals surface area contributed by atoms with Crippen molar-refractivity contribution < 1.29 is 0 Å². The lowest BCUT2D eigenvalue weighted by Crippen LogP contribution is -1.88. The Morgan fingerprint density at radius 3 is 2.87 bits per heavy atom. The number of aromatic amines is 1. The highest BCUT2D eigenvalue weighted by Gasteiger charge is 2.06. The van der Waals surface area contributed by atoms with Gasteiger partial charge in [0.05, 0.1) is 11.0 Å². The highest BCUT2D eigenvalue weighted by molar-refractivity contribution is 6.18. The zero-order chi connectivity index (χ0) is 10.8. The molecule has 1 heterocycles. The van der Waals surface area contributed by atoms with Crippen molar-refractivity contribution in [2.24, 2.45) is 0 Å². The average molecular weight is 223 g/mol. The van der Waals surface area contributed by atoms with Crippen LogP contribution in [0.1, 0.15) is 31.2 Å². The first-order valence-corrected chi connectivity index (χ1v) is 5.78. The summed E-state index contributed by atoms with van der Waals surface area (Å²) >= 11 is 5.72. The minimum Gasteiger partial charge on any atom is -0.342 e. The van der Waals surface area contributed by atoms with Gasteiger partial charge < -0.3 is 4.98 Å². The number of imidazole rings is 1. The number of halogens is 1. The fourth-order valence-corrected chi connectivity index (χ4v) is 1.83. The van der Waals surface area contributed by atoms with Crippen molar-refractivity contribution in [3.8, 4) is 0 Å². The second kappa shape index (κ2) is 4.23. The minimum atomic E-state index is 0.439. The molecule has 2 rings (SSSR count). The van der Waals surface area contributed by atoms with Crippen molar-refractivity contribution in [3.63, 3.8) is 0 Å². The summed E-state index contributed by atoms with van der Waals surface area (Å²) in [6.45, 7) is 4.27. The molecule has 0 aliphatic carbocycles. The van der Waals surface area contributed by atoms with Crippen LogP contribution in [0.2, 0.25) is 0 Å². The maximum atomic E-state index is 5.72. The molecule has 2 nitrogen and oxygen atoms in total. The number of H-pyrrole nitrogens is 1. The van der Waals surface area contributed by atoms with Crippen LogP contribution in [0.15, 0.2) is 18.2 Å². The quantitative estimate of drug-likeness (QED) is 0.792. The van der Waals surface area contributed by atoms with Crippen LogP contribution < -0.4 is 0 Å². The molecular weight excluding hydrogens is 208 g/mol. The van der Waals surface area contributed by atoms with E-state index in [1.807, 2.05) is 0 Å². The van der Waals surface area contributed by atoms with E-state index in [1.165, 1.54) is 5.56 Å². The molecule has 0 radical (unpaired) electrons. The zero-order valence-corrected chi connectivity index (χ0v) is 9.80. The van der Waals surface area contributed by atoms with Crippen LogP contribution in [0, 0.1) is 0 Å². The molecule has 0 bridgehead atoms. The monoisotopic (exact) mass is 222 g/mol. The van der Waals surface area contributed by atoms with Crippen molar-refractivity contribution in [1.82, 2.24) is 9.97 Å². The number of aryl methyl sites for hydroxylation is 1. The summed E-state index contributed by atoms with van der Waals surface area (Å²) in [5.41, 5.74) is 3.41. The van der Waals surface area contributed by atoms with Crippen LogP contribution in [0.3, 0.4) is 0 Å². The van der Waals surface area contributed by atoms with Gasteiger partial charge in [-0.05, 0) is 24.1 Å². The Morgan fingerprint density at radius 1 is 1.40 bits per heavy atom. The van der Waals surface area contributed by atoms with E-state index in [2.05, 4.69) is 42.0 Å². The highest BCUT2D eigenvalue weighted by Crippen LogP contribution is 2.18. The first kappa shape index (κ1) is 10.5. The highest BCUT2D eigenvalue weighted by atomic mass is 35.5. The summed E-state index contributed by atoms with van der Waals surface area (Å²) in [5, 5.41) is 0. The van der Waals surface area contributed by atoms with Crippen molar-refractivity contribution in [2.45, 2.75) is 26.2 Å². The molecule has 1 aromatic heterocycles. The number of nitrogens with zero attached hydrogens (tertiary/aromatic N) is 1. The summed E-state index contributed by atoms with van der Waals surface area (Å²) < 4.78 is 0. The van der Waals surface area contributed by atoms with Crippen LogP contribution >= 0.6 is 11.6 Å². The van der Waals surface area contributed by atoms with Crippen molar-refractivity contribution in [1.29, 1.82) is 0 Å². The number of hydrogen-bond donors (Lipinski definition) is 1. The maximum absolute atomic E-state index is 5.72. The van der Waals surface area contributed by atoms with E-state index in [1.54, 1.807) is 0 Å². The number of fused-ring (bicyclic) bond motifs is 1. The predicted octanol–water partition coefficient (Wildman–Crippen LogP) is 3.47. The molecule has 1 aromatic carbocycles. The van der Waals surface area contributed by atoms with E-state index in [0.29, 0.717) is 11.8 Å². The van der Waals surface area contributed by atoms with Gasteiger partial charge in [-0.25, -0.2) is 4.98 Å². The average Bonchev–Trinajstić information content (AvgIpc) is 2.61. The Kier molecular flexibility index (Phi) is 2.96. The van der Waals surface area contributed by atoms with Gasteiger partial charge >= 0.3 is 0 Å². The SMILES string of the molecule is CC(C)c1nc2ccc(CCCl)cc2[nH]1. The smallest absolute Gasteiger partial charge is 0.109 e. The van der Waals surface area contributed by atoms with E-state index >= 15 is 0 Å². The molecule has 0 saturated carbocycles. The molecule has 0 amide bonds. The lowest BCUT2D eigenvalue weighted by Gasteiger charge is -1.96. The third kappa shape index (κ3) is 2.15. The molecule has 3 heteroatoms. The van der Waals surface area contributed by atoms with Crippen LogP contribution in [-0.4, -0.2) is 15.8 Å². The summed E-state index contributed by atoms with van der Waals surface area (Å²) in [6.07, 6.45) is 0.910.